The smallest absolute Gasteiger partial charge is 0.341 e. The summed E-state index contributed by atoms with van der Waals surface area (Å²) in [6, 6.07) is 4.02. The Morgan fingerprint density at radius 2 is 2.12 bits per heavy atom. The third-order valence-electron chi connectivity index (χ3n) is 3.94. The number of fused-ring (bicyclic) bond motifs is 1. The van der Waals surface area contributed by atoms with E-state index in [1.165, 1.54) is 16.2 Å². The highest BCUT2D eigenvalue weighted by Gasteiger charge is 2.31. The van der Waals surface area contributed by atoms with Crippen LogP contribution in [0.2, 0.25) is 0 Å². The Bertz CT molecular complexity index is 910. The molecule has 1 atom stereocenters. The van der Waals surface area contributed by atoms with Crippen LogP contribution >= 0.6 is 0 Å². The first kappa shape index (κ1) is 15.8. The molecule has 0 saturated carbocycles. The number of imide groups is 1. The first-order chi connectivity index (χ1) is 11.4. The number of nitrogens with one attached hydrogen (secondary N) is 1. The zero-order chi connectivity index (χ0) is 17.4. The van der Waals surface area contributed by atoms with Crippen LogP contribution in [0.25, 0.3) is 11.0 Å². The molecule has 1 fully saturated rings. The van der Waals surface area contributed by atoms with Gasteiger partial charge in [0.1, 0.15) is 17.3 Å². The van der Waals surface area contributed by atoms with E-state index in [9.17, 15) is 19.2 Å². The number of aryl methyl sites for hydroxylation is 1. The van der Waals surface area contributed by atoms with Gasteiger partial charge >= 0.3 is 11.7 Å². The number of imidazole rings is 1. The van der Waals surface area contributed by atoms with Gasteiger partial charge in [-0.15, -0.1) is 0 Å². The van der Waals surface area contributed by atoms with Crippen LogP contribution < -0.4 is 15.7 Å². The van der Waals surface area contributed by atoms with Gasteiger partial charge in [0, 0.05) is 13.5 Å². The van der Waals surface area contributed by atoms with E-state index >= 15 is 0 Å². The Labute approximate surface area is 135 Å². The predicted molar refractivity (Wildman–Crippen MR) is 81.7 cm³/mol. The fourth-order valence-corrected chi connectivity index (χ4v) is 2.89. The van der Waals surface area contributed by atoms with Crippen LogP contribution in [0.3, 0.4) is 0 Å². The molecule has 1 aliphatic heterocycles. The van der Waals surface area contributed by atoms with Gasteiger partial charge in [0.15, 0.2) is 6.61 Å². The van der Waals surface area contributed by atoms with E-state index in [1.807, 2.05) is 0 Å². The maximum absolute atomic E-state index is 12.6. The fraction of sp³-hybridized carbons (Fsp3) is 0.333. The molecule has 9 heteroatoms. The predicted octanol–water partition coefficient (Wildman–Crippen LogP) is -0.219. The second-order valence-corrected chi connectivity index (χ2v) is 5.48. The standard InChI is InChI=1S/C15H15N3O6/c1-17-13-8(3-2-4-10(13)24-7-12(20)21)18(15(17)23)9-5-6-11(19)16-14(9)22/h2-4,9H,5-7H2,1H3,(H,20,21)(H,16,19,22). The lowest BCUT2D eigenvalue weighted by Gasteiger charge is -2.21. The number of hydrogen-bond donors (Lipinski definition) is 2. The molecule has 0 bridgehead atoms. The molecule has 0 aliphatic carbocycles. The number of amides is 2. The van der Waals surface area contributed by atoms with Crippen LogP contribution in [0.15, 0.2) is 23.0 Å². The minimum atomic E-state index is -1.14. The van der Waals surface area contributed by atoms with Crippen molar-refractivity contribution in [3.63, 3.8) is 0 Å². The van der Waals surface area contributed by atoms with Gasteiger partial charge in [-0.05, 0) is 18.6 Å². The Hall–Kier alpha value is -3.10. The average Bonchev–Trinajstić information content (AvgIpc) is 2.78. The highest BCUT2D eigenvalue weighted by Crippen LogP contribution is 2.28. The number of nitrogens with zero attached hydrogens (tertiary/aromatic N) is 2. The van der Waals surface area contributed by atoms with Gasteiger partial charge in [0.25, 0.3) is 0 Å². The normalized spacial score (nSPS) is 17.8. The molecule has 1 aromatic carbocycles. The van der Waals surface area contributed by atoms with E-state index in [0.29, 0.717) is 11.0 Å². The summed E-state index contributed by atoms with van der Waals surface area (Å²) < 4.78 is 7.85. The summed E-state index contributed by atoms with van der Waals surface area (Å²) in [6.45, 7) is -0.545. The van der Waals surface area contributed by atoms with Crippen molar-refractivity contribution < 1.29 is 24.2 Å². The van der Waals surface area contributed by atoms with Crippen LogP contribution in [0, 0.1) is 0 Å². The molecule has 24 heavy (non-hydrogen) atoms. The second-order valence-electron chi connectivity index (χ2n) is 5.48. The van der Waals surface area contributed by atoms with E-state index in [-0.39, 0.29) is 24.5 Å². The molecule has 1 aromatic heterocycles. The van der Waals surface area contributed by atoms with Crippen LogP contribution in [0.5, 0.6) is 5.75 Å². The Kier molecular flexibility index (Phi) is 3.84. The average molecular weight is 333 g/mol. The van der Waals surface area contributed by atoms with E-state index in [2.05, 4.69) is 5.32 Å². The minimum Gasteiger partial charge on any atom is -0.480 e. The highest BCUT2D eigenvalue weighted by atomic mass is 16.5. The SMILES string of the molecule is Cn1c(=O)n(C2CCC(=O)NC2=O)c2cccc(OCC(=O)O)c21. The van der Waals surface area contributed by atoms with Gasteiger partial charge in [0.2, 0.25) is 11.8 Å². The first-order valence-corrected chi connectivity index (χ1v) is 7.28. The molecule has 0 spiro atoms. The monoisotopic (exact) mass is 333 g/mol. The lowest BCUT2D eigenvalue weighted by molar-refractivity contribution is -0.139. The quantitative estimate of drug-likeness (QED) is 0.747. The third-order valence-corrected chi connectivity index (χ3v) is 3.94. The van der Waals surface area contributed by atoms with Crippen LogP contribution in [0.1, 0.15) is 18.9 Å². The number of para-hydroxylation sites is 1. The summed E-state index contributed by atoms with van der Waals surface area (Å²) >= 11 is 0. The molecular weight excluding hydrogens is 318 g/mol. The second kappa shape index (κ2) is 5.84. The van der Waals surface area contributed by atoms with Crippen molar-refractivity contribution in [1.29, 1.82) is 0 Å². The van der Waals surface area contributed by atoms with Gasteiger partial charge in [-0.3, -0.25) is 24.0 Å². The number of carboxylic acid groups (broad SMARTS) is 1. The molecule has 2 N–H and O–H groups in total. The maximum atomic E-state index is 12.6. The molecule has 3 rings (SSSR count). The van der Waals surface area contributed by atoms with E-state index in [1.54, 1.807) is 18.2 Å². The zero-order valence-electron chi connectivity index (χ0n) is 12.8. The van der Waals surface area contributed by atoms with Crippen molar-refractivity contribution in [3.8, 4) is 5.75 Å². The van der Waals surface area contributed by atoms with Crippen molar-refractivity contribution in [2.75, 3.05) is 6.61 Å². The van der Waals surface area contributed by atoms with E-state index < -0.39 is 30.2 Å². The Balaban J connectivity index is 2.13. The number of piperidine rings is 1. The Morgan fingerprint density at radius 3 is 2.79 bits per heavy atom. The summed E-state index contributed by atoms with van der Waals surface area (Å²) in [7, 11) is 1.51. The number of aliphatic carboxylic acids is 1. The van der Waals surface area contributed by atoms with Gasteiger partial charge in [-0.1, -0.05) is 6.07 Å². The van der Waals surface area contributed by atoms with Gasteiger partial charge < -0.3 is 9.84 Å². The topological polar surface area (TPSA) is 120 Å². The lowest BCUT2D eigenvalue weighted by atomic mass is 10.1. The number of hydrogen-bond acceptors (Lipinski definition) is 5. The summed E-state index contributed by atoms with van der Waals surface area (Å²) in [5.41, 5.74) is 0.402. The number of carboxylic acids is 1. The number of ether oxygens (including phenoxy) is 1. The number of benzene rings is 1. The van der Waals surface area contributed by atoms with Crippen LogP contribution in [-0.4, -0.2) is 38.6 Å². The number of aromatic nitrogens is 2. The fourth-order valence-electron chi connectivity index (χ4n) is 2.89. The molecule has 0 radical (unpaired) electrons. The van der Waals surface area contributed by atoms with Crippen molar-refractivity contribution in [2.24, 2.45) is 7.05 Å². The molecule has 1 aliphatic rings. The van der Waals surface area contributed by atoms with Gasteiger partial charge in [-0.2, -0.15) is 0 Å². The summed E-state index contributed by atoms with van der Waals surface area (Å²) in [5, 5.41) is 11.0. The van der Waals surface area contributed by atoms with E-state index in [0.717, 1.165) is 0 Å². The molecule has 1 unspecified atom stereocenters. The first-order valence-electron chi connectivity index (χ1n) is 7.28. The third kappa shape index (κ3) is 2.53. The van der Waals surface area contributed by atoms with E-state index in [4.69, 9.17) is 9.84 Å². The van der Waals surface area contributed by atoms with Crippen molar-refractivity contribution in [2.45, 2.75) is 18.9 Å². The van der Waals surface area contributed by atoms with Gasteiger partial charge in [-0.25, -0.2) is 9.59 Å². The summed E-state index contributed by atoms with van der Waals surface area (Å²) in [4.78, 5) is 46.7. The Morgan fingerprint density at radius 1 is 1.38 bits per heavy atom. The van der Waals surface area contributed by atoms with Crippen molar-refractivity contribution in [1.82, 2.24) is 14.5 Å². The van der Waals surface area contributed by atoms with Gasteiger partial charge in [0.05, 0.1) is 5.52 Å². The minimum absolute atomic E-state index is 0.147. The molecule has 2 aromatic rings. The van der Waals surface area contributed by atoms with Crippen LogP contribution in [0.4, 0.5) is 0 Å². The molecule has 2 heterocycles. The molecular formula is C15H15N3O6. The summed E-state index contributed by atoms with van der Waals surface area (Å²) in [5.74, 6) is -1.80. The lowest BCUT2D eigenvalue weighted by Crippen LogP contribution is -2.44. The highest BCUT2D eigenvalue weighted by molar-refractivity contribution is 6.00. The van der Waals surface area contributed by atoms with Crippen molar-refractivity contribution >= 4 is 28.8 Å². The molecule has 9 nitrogen and oxygen atoms in total. The molecule has 126 valence electrons. The maximum Gasteiger partial charge on any atom is 0.341 e. The summed E-state index contributed by atoms with van der Waals surface area (Å²) in [6.07, 6.45) is 0.373. The molecule has 1 saturated heterocycles. The zero-order valence-corrected chi connectivity index (χ0v) is 12.8. The number of carbonyl (C=O) groups excluding carboxylic acids is 2. The molecule has 2 amide bonds. The van der Waals surface area contributed by atoms with Crippen LogP contribution in [-0.2, 0) is 21.4 Å². The largest absolute Gasteiger partial charge is 0.480 e. The number of rotatable bonds is 4. The number of carbonyl (C=O) groups is 3. The van der Waals surface area contributed by atoms with Crippen molar-refractivity contribution in [3.05, 3.63) is 28.7 Å².